The fourth-order valence-electron chi connectivity index (χ4n) is 2.00. The summed E-state index contributed by atoms with van der Waals surface area (Å²) < 4.78 is 1.98. The number of nitrogens with zero attached hydrogens (tertiary/aromatic N) is 4. The highest BCUT2D eigenvalue weighted by molar-refractivity contribution is 6.17. The molecule has 1 unspecified atom stereocenters. The molecule has 0 bridgehead atoms. The molecule has 4 nitrogen and oxygen atoms in total. The lowest BCUT2D eigenvalue weighted by Gasteiger charge is -2.18. The van der Waals surface area contributed by atoms with Gasteiger partial charge in [0.25, 0.3) is 0 Å². The van der Waals surface area contributed by atoms with Crippen LogP contribution in [-0.4, -0.2) is 23.0 Å². The number of fused-ring (bicyclic) bond motifs is 1. The molecule has 0 amide bonds. The van der Waals surface area contributed by atoms with Crippen LogP contribution in [0.3, 0.4) is 0 Å². The zero-order valence-electron chi connectivity index (χ0n) is 10.5. The molecule has 0 fully saturated rings. The Bertz CT molecular complexity index is 584. The summed E-state index contributed by atoms with van der Waals surface area (Å²) in [4.78, 5) is 6.55. The molecular formula is C13H15ClN4. The number of alkyl halides is 1. The van der Waals surface area contributed by atoms with Crippen molar-refractivity contribution in [3.63, 3.8) is 0 Å². The Morgan fingerprint density at radius 3 is 3.00 bits per heavy atom. The van der Waals surface area contributed by atoms with E-state index in [9.17, 15) is 0 Å². The Morgan fingerprint density at radius 2 is 2.33 bits per heavy atom. The Labute approximate surface area is 111 Å². The van der Waals surface area contributed by atoms with Crippen LogP contribution in [0.5, 0.6) is 0 Å². The van der Waals surface area contributed by atoms with Crippen LogP contribution in [0, 0.1) is 17.2 Å². The van der Waals surface area contributed by atoms with Crippen molar-refractivity contribution >= 4 is 23.1 Å². The molecule has 2 rings (SSSR count). The van der Waals surface area contributed by atoms with Crippen LogP contribution < -0.4 is 4.90 Å². The van der Waals surface area contributed by atoms with E-state index in [2.05, 4.69) is 11.1 Å². The van der Waals surface area contributed by atoms with Crippen molar-refractivity contribution in [1.82, 2.24) is 9.38 Å². The fraction of sp³-hybridized carbons (Fsp3) is 0.385. The van der Waals surface area contributed by atoms with E-state index in [0.717, 1.165) is 17.2 Å². The van der Waals surface area contributed by atoms with Crippen molar-refractivity contribution in [3.05, 3.63) is 30.1 Å². The molecule has 0 spiro atoms. The predicted molar refractivity (Wildman–Crippen MR) is 72.8 cm³/mol. The van der Waals surface area contributed by atoms with Crippen molar-refractivity contribution in [2.75, 3.05) is 18.5 Å². The van der Waals surface area contributed by atoms with E-state index in [-0.39, 0.29) is 5.92 Å². The van der Waals surface area contributed by atoms with Crippen LogP contribution in [0.25, 0.3) is 5.65 Å². The van der Waals surface area contributed by atoms with Gasteiger partial charge in [0.2, 0.25) is 0 Å². The van der Waals surface area contributed by atoms with Crippen molar-refractivity contribution in [2.24, 2.45) is 5.92 Å². The average Bonchev–Trinajstić information content (AvgIpc) is 2.77. The summed E-state index contributed by atoms with van der Waals surface area (Å²) in [6.07, 6.45) is 1.95. The highest BCUT2D eigenvalue weighted by atomic mass is 35.5. The Balaban J connectivity index is 2.41. The minimum atomic E-state index is -0.0389. The van der Waals surface area contributed by atoms with Crippen LogP contribution in [0.15, 0.2) is 24.4 Å². The molecule has 0 saturated heterocycles. The van der Waals surface area contributed by atoms with Gasteiger partial charge in [0, 0.05) is 19.8 Å². The SMILES string of the molecule is CC(C#N)CN(C)c1nc2ccccn2c1CCl. The van der Waals surface area contributed by atoms with Gasteiger partial charge in [-0.1, -0.05) is 6.07 Å². The quantitative estimate of drug-likeness (QED) is 0.796. The lowest BCUT2D eigenvalue weighted by Crippen LogP contribution is -2.24. The van der Waals surface area contributed by atoms with Gasteiger partial charge in [-0.15, -0.1) is 11.6 Å². The number of rotatable bonds is 4. The molecule has 0 saturated carbocycles. The summed E-state index contributed by atoms with van der Waals surface area (Å²) in [6.45, 7) is 2.54. The topological polar surface area (TPSA) is 44.3 Å². The molecule has 0 N–H and O–H groups in total. The third-order valence-corrected chi connectivity index (χ3v) is 3.12. The van der Waals surface area contributed by atoms with Gasteiger partial charge in [-0.05, 0) is 19.1 Å². The molecule has 0 aliphatic carbocycles. The Kier molecular flexibility index (Phi) is 3.73. The van der Waals surface area contributed by atoms with Crippen LogP contribution >= 0.6 is 11.6 Å². The van der Waals surface area contributed by atoms with Crippen molar-refractivity contribution < 1.29 is 0 Å². The van der Waals surface area contributed by atoms with E-state index >= 15 is 0 Å². The molecular weight excluding hydrogens is 248 g/mol. The number of aromatic nitrogens is 2. The predicted octanol–water partition coefficient (Wildman–Crippen LogP) is 2.67. The fourth-order valence-corrected chi connectivity index (χ4v) is 2.25. The van der Waals surface area contributed by atoms with Crippen molar-refractivity contribution in [2.45, 2.75) is 12.8 Å². The third-order valence-electron chi connectivity index (χ3n) is 2.86. The first-order valence-corrected chi connectivity index (χ1v) is 6.33. The van der Waals surface area contributed by atoms with Gasteiger partial charge in [-0.3, -0.25) is 0 Å². The number of anilines is 1. The second-order valence-corrected chi connectivity index (χ2v) is 4.62. The monoisotopic (exact) mass is 262 g/mol. The first-order valence-electron chi connectivity index (χ1n) is 5.80. The second-order valence-electron chi connectivity index (χ2n) is 4.36. The van der Waals surface area contributed by atoms with E-state index in [0.29, 0.717) is 12.4 Å². The first-order chi connectivity index (χ1) is 8.67. The van der Waals surface area contributed by atoms with Gasteiger partial charge < -0.3 is 9.30 Å². The molecule has 0 aromatic carbocycles. The summed E-state index contributed by atoms with van der Waals surface area (Å²) in [5, 5.41) is 8.87. The summed E-state index contributed by atoms with van der Waals surface area (Å²) in [5.74, 6) is 1.20. The Hall–Kier alpha value is -1.73. The number of hydrogen-bond donors (Lipinski definition) is 0. The number of nitriles is 1. The summed E-state index contributed by atoms with van der Waals surface area (Å²) in [6, 6.07) is 8.07. The van der Waals surface area contributed by atoms with E-state index in [1.54, 1.807) is 0 Å². The van der Waals surface area contributed by atoms with Gasteiger partial charge in [0.05, 0.1) is 23.6 Å². The Morgan fingerprint density at radius 1 is 1.56 bits per heavy atom. The molecule has 2 aromatic heterocycles. The smallest absolute Gasteiger partial charge is 0.152 e. The van der Waals surface area contributed by atoms with E-state index in [1.165, 1.54) is 0 Å². The molecule has 0 aliphatic rings. The van der Waals surface area contributed by atoms with Gasteiger partial charge in [0.15, 0.2) is 5.82 Å². The number of hydrogen-bond acceptors (Lipinski definition) is 3. The normalized spacial score (nSPS) is 12.3. The molecule has 5 heteroatoms. The number of imidazole rings is 1. The summed E-state index contributed by atoms with van der Waals surface area (Å²) >= 11 is 6.01. The van der Waals surface area contributed by atoms with Crippen LogP contribution in [-0.2, 0) is 5.88 Å². The minimum absolute atomic E-state index is 0.0389. The number of pyridine rings is 1. The standard InChI is InChI=1S/C13H15ClN4/c1-10(8-15)9-17(2)13-11(7-14)18-6-4-3-5-12(18)16-13/h3-6,10H,7,9H2,1-2H3. The molecule has 0 radical (unpaired) electrons. The van der Waals surface area contributed by atoms with Gasteiger partial charge in [-0.25, -0.2) is 4.98 Å². The van der Waals surface area contributed by atoms with E-state index in [1.807, 2.05) is 47.7 Å². The minimum Gasteiger partial charge on any atom is -0.357 e. The maximum atomic E-state index is 8.87. The van der Waals surface area contributed by atoms with Crippen molar-refractivity contribution in [3.8, 4) is 6.07 Å². The maximum absolute atomic E-state index is 8.87. The zero-order chi connectivity index (χ0) is 13.1. The van der Waals surface area contributed by atoms with E-state index in [4.69, 9.17) is 16.9 Å². The number of halogens is 1. The van der Waals surface area contributed by atoms with Crippen LogP contribution in [0.4, 0.5) is 5.82 Å². The molecule has 1 atom stereocenters. The highest BCUT2D eigenvalue weighted by Gasteiger charge is 2.16. The van der Waals surface area contributed by atoms with Gasteiger partial charge >= 0.3 is 0 Å². The molecule has 2 aromatic rings. The molecule has 94 valence electrons. The largest absolute Gasteiger partial charge is 0.357 e. The zero-order valence-corrected chi connectivity index (χ0v) is 11.2. The summed E-state index contributed by atoms with van der Waals surface area (Å²) in [7, 11) is 1.94. The average molecular weight is 263 g/mol. The van der Waals surface area contributed by atoms with E-state index < -0.39 is 0 Å². The van der Waals surface area contributed by atoms with Gasteiger partial charge in [-0.2, -0.15) is 5.26 Å². The summed E-state index contributed by atoms with van der Waals surface area (Å²) in [5.41, 5.74) is 1.83. The lowest BCUT2D eigenvalue weighted by atomic mass is 10.2. The van der Waals surface area contributed by atoms with Crippen LogP contribution in [0.2, 0.25) is 0 Å². The third kappa shape index (κ3) is 2.27. The highest BCUT2D eigenvalue weighted by Crippen LogP contribution is 2.23. The molecule has 2 heterocycles. The lowest BCUT2D eigenvalue weighted by molar-refractivity contribution is 0.709. The molecule has 0 aliphatic heterocycles. The molecule has 18 heavy (non-hydrogen) atoms. The van der Waals surface area contributed by atoms with Gasteiger partial charge in [0.1, 0.15) is 5.65 Å². The maximum Gasteiger partial charge on any atom is 0.152 e. The van der Waals surface area contributed by atoms with Crippen LogP contribution in [0.1, 0.15) is 12.6 Å². The first kappa shape index (κ1) is 12.7. The van der Waals surface area contributed by atoms with Crippen molar-refractivity contribution in [1.29, 1.82) is 5.26 Å². The second kappa shape index (κ2) is 5.28.